The van der Waals surface area contributed by atoms with Crippen LogP contribution in [-0.4, -0.2) is 24.5 Å². The molecule has 0 saturated carbocycles. The van der Waals surface area contributed by atoms with Gasteiger partial charge in [0.2, 0.25) is 0 Å². The van der Waals surface area contributed by atoms with E-state index in [-0.39, 0.29) is 26.2 Å². The van der Waals surface area contributed by atoms with Crippen molar-refractivity contribution in [1.29, 1.82) is 0 Å². The molecule has 5 heteroatoms. The minimum absolute atomic E-state index is 0.0342. The first-order valence-electron chi connectivity index (χ1n) is 5.84. The maximum absolute atomic E-state index is 11.9. The first-order chi connectivity index (χ1) is 9.01. The zero-order chi connectivity index (χ0) is 14.1. The second-order valence-corrected chi connectivity index (χ2v) is 3.93. The normalized spacial score (nSPS) is 10.9. The molecule has 0 fully saturated rings. The molecule has 1 aromatic carbocycles. The lowest BCUT2D eigenvalue weighted by Gasteiger charge is -2.07. The molecule has 0 aromatic heterocycles. The highest BCUT2D eigenvalue weighted by molar-refractivity contribution is 5.36. The van der Waals surface area contributed by atoms with Crippen LogP contribution in [0.5, 0.6) is 0 Å². The fourth-order valence-electron chi connectivity index (χ4n) is 1.45. The summed E-state index contributed by atoms with van der Waals surface area (Å²) in [7, 11) is 0. The van der Waals surface area contributed by atoms with Gasteiger partial charge in [-0.3, -0.25) is 0 Å². The van der Waals surface area contributed by atoms with Crippen molar-refractivity contribution >= 4 is 0 Å². The third-order valence-electron chi connectivity index (χ3n) is 2.26. The van der Waals surface area contributed by atoms with Crippen LogP contribution >= 0.6 is 0 Å². The summed E-state index contributed by atoms with van der Waals surface area (Å²) in [6.07, 6.45) is -4.98. The van der Waals surface area contributed by atoms with Gasteiger partial charge < -0.3 is 9.84 Å². The van der Waals surface area contributed by atoms with E-state index in [1.807, 2.05) is 6.07 Å². The molecule has 0 saturated heterocycles. The molecule has 1 aromatic rings. The van der Waals surface area contributed by atoms with Crippen molar-refractivity contribution in [2.75, 3.05) is 13.2 Å². The minimum atomic E-state index is -4.12. The number of ether oxygens (including phenoxy) is 1. The van der Waals surface area contributed by atoms with Crippen molar-refractivity contribution in [3.05, 3.63) is 35.4 Å². The van der Waals surface area contributed by atoms with Gasteiger partial charge in [-0.25, -0.2) is 0 Å². The zero-order valence-corrected chi connectivity index (χ0v) is 10.3. The predicted octanol–water partition coefficient (Wildman–Crippen LogP) is 2.89. The Bertz CT molecular complexity index is 444. The number of aliphatic hydroxyl groups excluding tert-OH is 1. The molecule has 0 unspecified atom stereocenters. The van der Waals surface area contributed by atoms with Crippen molar-refractivity contribution in [3.63, 3.8) is 0 Å². The molecule has 1 rings (SSSR count). The summed E-state index contributed by atoms with van der Waals surface area (Å²) < 4.78 is 40.8. The lowest BCUT2D eigenvalue weighted by molar-refractivity contribution is -0.138. The minimum Gasteiger partial charge on any atom is -0.384 e. The van der Waals surface area contributed by atoms with Crippen molar-refractivity contribution in [1.82, 2.24) is 0 Å². The van der Waals surface area contributed by atoms with Gasteiger partial charge in [0.05, 0.1) is 6.61 Å². The number of rotatable bonds is 5. The van der Waals surface area contributed by atoms with Crippen molar-refractivity contribution in [2.24, 2.45) is 0 Å². The fourth-order valence-corrected chi connectivity index (χ4v) is 1.45. The molecule has 0 heterocycles. The van der Waals surface area contributed by atoms with E-state index in [4.69, 9.17) is 9.84 Å². The third-order valence-corrected chi connectivity index (χ3v) is 2.26. The average molecular weight is 272 g/mol. The molecule has 19 heavy (non-hydrogen) atoms. The summed E-state index contributed by atoms with van der Waals surface area (Å²) in [6, 6.07) is 7.17. The van der Waals surface area contributed by atoms with Crippen molar-refractivity contribution < 1.29 is 23.0 Å². The Morgan fingerprint density at radius 2 is 2.05 bits per heavy atom. The quantitative estimate of drug-likeness (QED) is 0.659. The van der Waals surface area contributed by atoms with Crippen molar-refractivity contribution in [2.45, 2.75) is 25.6 Å². The number of hydrogen-bond acceptors (Lipinski definition) is 2. The van der Waals surface area contributed by atoms with E-state index in [0.717, 1.165) is 11.1 Å². The summed E-state index contributed by atoms with van der Waals surface area (Å²) in [6.45, 7) is 0.122. The fraction of sp³-hybridized carbons (Fsp3) is 0.429. The van der Waals surface area contributed by atoms with Gasteiger partial charge in [-0.15, -0.1) is 0 Å². The number of hydrogen-bond donors (Lipinski definition) is 1. The van der Waals surface area contributed by atoms with Gasteiger partial charge in [0, 0.05) is 18.6 Å². The van der Waals surface area contributed by atoms with E-state index in [1.165, 1.54) is 0 Å². The topological polar surface area (TPSA) is 29.5 Å². The maximum atomic E-state index is 11.9. The van der Waals surface area contributed by atoms with E-state index in [9.17, 15) is 13.2 Å². The van der Waals surface area contributed by atoms with Crippen LogP contribution in [0, 0.1) is 11.8 Å². The molecule has 0 radical (unpaired) electrons. The summed E-state index contributed by atoms with van der Waals surface area (Å²) in [5.41, 5.74) is 1.59. The molecule has 0 atom stereocenters. The summed E-state index contributed by atoms with van der Waals surface area (Å²) >= 11 is 0. The van der Waals surface area contributed by atoms with E-state index in [2.05, 4.69) is 11.8 Å². The van der Waals surface area contributed by atoms with Gasteiger partial charge >= 0.3 is 6.18 Å². The van der Waals surface area contributed by atoms with Crippen LogP contribution in [0.3, 0.4) is 0 Å². The van der Waals surface area contributed by atoms with Crippen LogP contribution in [-0.2, 0) is 11.3 Å². The van der Waals surface area contributed by atoms with E-state index in [1.54, 1.807) is 18.2 Å². The molecule has 0 aliphatic rings. The number of halogens is 3. The van der Waals surface area contributed by atoms with E-state index in [0.29, 0.717) is 0 Å². The van der Waals surface area contributed by atoms with Crippen LogP contribution in [0.4, 0.5) is 13.2 Å². The summed E-state index contributed by atoms with van der Waals surface area (Å²) in [5.74, 6) is 5.28. The zero-order valence-electron chi connectivity index (χ0n) is 10.3. The molecule has 0 amide bonds. The van der Waals surface area contributed by atoms with Gasteiger partial charge in [0.15, 0.2) is 0 Å². The Morgan fingerprint density at radius 1 is 1.26 bits per heavy atom. The Balaban J connectivity index is 2.33. The third kappa shape index (κ3) is 7.50. The Kier molecular flexibility index (Phi) is 6.40. The van der Waals surface area contributed by atoms with Gasteiger partial charge in [0.1, 0.15) is 6.61 Å². The van der Waals surface area contributed by atoms with Gasteiger partial charge in [-0.05, 0) is 24.1 Å². The van der Waals surface area contributed by atoms with Gasteiger partial charge in [-0.2, -0.15) is 13.2 Å². The predicted molar refractivity (Wildman–Crippen MR) is 65.4 cm³/mol. The molecule has 1 N–H and O–H groups in total. The van der Waals surface area contributed by atoms with Crippen LogP contribution < -0.4 is 0 Å². The molecule has 104 valence electrons. The molecule has 2 nitrogen and oxygen atoms in total. The Hall–Kier alpha value is -1.51. The highest BCUT2D eigenvalue weighted by atomic mass is 19.4. The smallest absolute Gasteiger partial charge is 0.384 e. The highest BCUT2D eigenvalue weighted by Crippen LogP contribution is 2.21. The Labute approximate surface area is 110 Å². The summed E-state index contributed by atoms with van der Waals surface area (Å²) in [5, 5.41) is 8.57. The molecule has 0 aliphatic heterocycles. The summed E-state index contributed by atoms with van der Waals surface area (Å²) in [4.78, 5) is 0. The average Bonchev–Trinajstić information content (AvgIpc) is 2.35. The van der Waals surface area contributed by atoms with Crippen LogP contribution in [0.25, 0.3) is 0 Å². The van der Waals surface area contributed by atoms with Gasteiger partial charge in [0.25, 0.3) is 0 Å². The van der Waals surface area contributed by atoms with Crippen molar-refractivity contribution in [3.8, 4) is 11.8 Å². The SMILES string of the molecule is OCC#Cc1cccc(COCCCC(F)(F)F)c1. The molecular weight excluding hydrogens is 257 g/mol. The monoisotopic (exact) mass is 272 g/mol. The standard InChI is InChI=1S/C14H15F3O2/c15-14(16,17)7-3-9-19-11-13-5-1-4-12(10-13)6-2-8-18/h1,4-5,10,18H,3,7-9,11H2. The number of benzene rings is 1. The second kappa shape index (κ2) is 7.82. The van der Waals surface area contributed by atoms with Crippen LogP contribution in [0.1, 0.15) is 24.0 Å². The number of alkyl halides is 3. The van der Waals surface area contributed by atoms with Crippen LogP contribution in [0.2, 0.25) is 0 Å². The van der Waals surface area contributed by atoms with E-state index >= 15 is 0 Å². The van der Waals surface area contributed by atoms with Crippen LogP contribution in [0.15, 0.2) is 24.3 Å². The lowest BCUT2D eigenvalue weighted by Crippen LogP contribution is -2.08. The Morgan fingerprint density at radius 3 is 2.74 bits per heavy atom. The molecule has 0 spiro atoms. The lowest BCUT2D eigenvalue weighted by atomic mass is 10.1. The highest BCUT2D eigenvalue weighted by Gasteiger charge is 2.25. The first kappa shape index (κ1) is 15.5. The molecule has 0 bridgehead atoms. The van der Waals surface area contributed by atoms with Gasteiger partial charge in [-0.1, -0.05) is 24.0 Å². The molecular formula is C14H15F3O2. The van der Waals surface area contributed by atoms with E-state index < -0.39 is 12.6 Å². The second-order valence-electron chi connectivity index (χ2n) is 3.93. The maximum Gasteiger partial charge on any atom is 0.389 e. The largest absolute Gasteiger partial charge is 0.389 e. The number of aliphatic hydroxyl groups is 1. The first-order valence-corrected chi connectivity index (χ1v) is 5.84. The molecule has 0 aliphatic carbocycles.